The summed E-state index contributed by atoms with van der Waals surface area (Å²) in [7, 11) is 0. The lowest BCUT2D eigenvalue weighted by Crippen LogP contribution is -2.20. The number of aromatic carboxylic acids is 1. The van der Waals surface area contributed by atoms with Crippen LogP contribution < -0.4 is 10.1 Å². The van der Waals surface area contributed by atoms with Crippen LogP contribution in [0.5, 0.6) is 5.75 Å². The third-order valence-corrected chi connectivity index (χ3v) is 3.62. The van der Waals surface area contributed by atoms with E-state index in [0.29, 0.717) is 10.8 Å². The van der Waals surface area contributed by atoms with Gasteiger partial charge in [0.1, 0.15) is 5.75 Å². The van der Waals surface area contributed by atoms with Crippen LogP contribution in [0.4, 0.5) is 5.69 Å². The zero-order chi connectivity index (χ0) is 17.0. The Morgan fingerprint density at radius 1 is 1.04 bits per heavy atom. The van der Waals surface area contributed by atoms with Gasteiger partial charge in [0.15, 0.2) is 6.61 Å². The highest BCUT2D eigenvalue weighted by atomic mass is 35.5. The third-order valence-electron chi connectivity index (χ3n) is 2.74. The summed E-state index contributed by atoms with van der Waals surface area (Å²) in [4.78, 5) is 22.9. The van der Waals surface area contributed by atoms with Gasteiger partial charge in [-0.15, -0.1) is 0 Å². The first-order valence-corrected chi connectivity index (χ1v) is 7.41. The van der Waals surface area contributed by atoms with E-state index in [2.05, 4.69) is 5.32 Å². The van der Waals surface area contributed by atoms with E-state index in [9.17, 15) is 9.59 Å². The summed E-state index contributed by atoms with van der Waals surface area (Å²) in [5.74, 6) is -1.25. The fourth-order valence-electron chi connectivity index (χ4n) is 1.67. The number of rotatable bonds is 5. The van der Waals surface area contributed by atoms with Gasteiger partial charge in [-0.25, -0.2) is 4.79 Å². The van der Waals surface area contributed by atoms with Gasteiger partial charge >= 0.3 is 5.97 Å². The van der Waals surface area contributed by atoms with Crippen LogP contribution in [0.2, 0.25) is 15.1 Å². The molecular formula is C15H10Cl3NO4. The molecule has 0 radical (unpaired) electrons. The molecule has 0 heterocycles. The molecule has 0 fully saturated rings. The van der Waals surface area contributed by atoms with Crippen molar-refractivity contribution in [1.82, 2.24) is 0 Å². The molecule has 0 aliphatic rings. The van der Waals surface area contributed by atoms with Crippen molar-refractivity contribution >= 4 is 52.4 Å². The minimum absolute atomic E-state index is 0.0158. The summed E-state index contributed by atoms with van der Waals surface area (Å²) in [5, 5.41) is 12.1. The number of benzene rings is 2. The lowest BCUT2D eigenvalue weighted by atomic mass is 10.2. The summed E-state index contributed by atoms with van der Waals surface area (Å²) in [5.41, 5.74) is -0.0249. The number of anilines is 1. The Morgan fingerprint density at radius 3 is 2.30 bits per heavy atom. The van der Waals surface area contributed by atoms with E-state index in [4.69, 9.17) is 44.6 Å². The first-order chi connectivity index (χ1) is 10.9. The largest absolute Gasteiger partial charge is 0.484 e. The fraction of sp³-hybridized carbons (Fsp3) is 0.0667. The van der Waals surface area contributed by atoms with E-state index in [1.54, 1.807) is 24.3 Å². The number of carbonyl (C=O) groups is 2. The van der Waals surface area contributed by atoms with Crippen molar-refractivity contribution in [2.75, 3.05) is 11.9 Å². The Bertz CT molecular complexity index is 747. The summed E-state index contributed by atoms with van der Waals surface area (Å²) >= 11 is 17.5. The number of hydrogen-bond donors (Lipinski definition) is 2. The Morgan fingerprint density at radius 2 is 1.70 bits per heavy atom. The first kappa shape index (κ1) is 17.4. The number of nitrogens with one attached hydrogen (secondary N) is 1. The lowest BCUT2D eigenvalue weighted by molar-refractivity contribution is -0.118. The van der Waals surface area contributed by atoms with E-state index in [-0.39, 0.29) is 27.9 Å². The van der Waals surface area contributed by atoms with Gasteiger partial charge < -0.3 is 15.2 Å². The predicted octanol–water partition coefficient (Wildman–Crippen LogP) is 4.36. The SMILES string of the molecule is O=C(COc1ccc(Cl)cc1)Nc1cc(C(=O)O)c(Cl)cc1Cl. The molecule has 0 aliphatic heterocycles. The highest BCUT2D eigenvalue weighted by Gasteiger charge is 2.14. The van der Waals surface area contributed by atoms with E-state index < -0.39 is 11.9 Å². The van der Waals surface area contributed by atoms with Crippen LogP contribution in [0.15, 0.2) is 36.4 Å². The van der Waals surface area contributed by atoms with Gasteiger partial charge in [-0.05, 0) is 36.4 Å². The van der Waals surface area contributed by atoms with Crippen LogP contribution in [0.1, 0.15) is 10.4 Å². The third kappa shape index (κ3) is 4.76. The normalized spacial score (nSPS) is 10.2. The first-order valence-electron chi connectivity index (χ1n) is 6.27. The molecule has 0 atom stereocenters. The van der Waals surface area contributed by atoms with E-state index in [1.165, 1.54) is 12.1 Å². The maximum absolute atomic E-state index is 11.9. The number of carboxylic acids is 1. The average Bonchev–Trinajstić information content (AvgIpc) is 2.49. The van der Waals surface area contributed by atoms with Crippen molar-refractivity contribution in [1.29, 1.82) is 0 Å². The molecular weight excluding hydrogens is 365 g/mol. The Labute approximate surface area is 146 Å². The molecule has 23 heavy (non-hydrogen) atoms. The van der Waals surface area contributed by atoms with Crippen molar-refractivity contribution < 1.29 is 19.4 Å². The summed E-state index contributed by atoms with van der Waals surface area (Å²) in [6.07, 6.45) is 0. The zero-order valence-electron chi connectivity index (χ0n) is 11.5. The standard InChI is InChI=1S/C15H10Cl3NO4/c16-8-1-3-9(4-2-8)23-7-14(20)19-13-5-10(15(21)22)11(17)6-12(13)18/h1-6H,7H2,(H,19,20)(H,21,22). The van der Waals surface area contributed by atoms with Crippen molar-refractivity contribution in [3.8, 4) is 5.75 Å². The molecule has 2 aromatic rings. The molecule has 0 spiro atoms. The zero-order valence-corrected chi connectivity index (χ0v) is 13.7. The summed E-state index contributed by atoms with van der Waals surface area (Å²) in [6, 6.07) is 8.93. The van der Waals surface area contributed by atoms with Gasteiger partial charge in [-0.1, -0.05) is 34.8 Å². The molecule has 0 saturated carbocycles. The van der Waals surface area contributed by atoms with Crippen LogP contribution in [0, 0.1) is 0 Å². The molecule has 0 aromatic heterocycles. The number of ether oxygens (including phenoxy) is 1. The smallest absolute Gasteiger partial charge is 0.337 e. The second-order valence-electron chi connectivity index (χ2n) is 4.41. The summed E-state index contributed by atoms with van der Waals surface area (Å²) in [6.45, 7) is -0.275. The van der Waals surface area contributed by atoms with E-state index in [0.717, 1.165) is 0 Å². The molecule has 0 unspecified atom stereocenters. The molecule has 0 saturated heterocycles. The van der Waals surface area contributed by atoms with E-state index >= 15 is 0 Å². The number of hydrogen-bond acceptors (Lipinski definition) is 3. The second-order valence-corrected chi connectivity index (χ2v) is 5.66. The van der Waals surface area contributed by atoms with Gasteiger partial charge in [0.05, 0.1) is 21.3 Å². The van der Waals surface area contributed by atoms with Gasteiger partial charge in [-0.2, -0.15) is 0 Å². The van der Waals surface area contributed by atoms with Crippen molar-refractivity contribution in [3.05, 3.63) is 57.0 Å². The van der Waals surface area contributed by atoms with E-state index in [1.807, 2.05) is 0 Å². The molecule has 2 aromatic carbocycles. The molecule has 0 bridgehead atoms. The molecule has 5 nitrogen and oxygen atoms in total. The van der Waals surface area contributed by atoms with Gasteiger partial charge in [0, 0.05) is 5.02 Å². The maximum atomic E-state index is 11.9. The number of carbonyl (C=O) groups excluding carboxylic acids is 1. The van der Waals surface area contributed by atoms with Crippen LogP contribution in [0.3, 0.4) is 0 Å². The highest BCUT2D eigenvalue weighted by molar-refractivity contribution is 6.38. The average molecular weight is 375 g/mol. The number of carboxylic acid groups (broad SMARTS) is 1. The predicted molar refractivity (Wildman–Crippen MR) is 89.0 cm³/mol. The molecule has 120 valence electrons. The van der Waals surface area contributed by atoms with Crippen LogP contribution in [-0.4, -0.2) is 23.6 Å². The van der Waals surface area contributed by atoms with Crippen molar-refractivity contribution in [3.63, 3.8) is 0 Å². The maximum Gasteiger partial charge on any atom is 0.337 e. The Balaban J connectivity index is 2.03. The van der Waals surface area contributed by atoms with Gasteiger partial charge in [0.25, 0.3) is 5.91 Å². The van der Waals surface area contributed by atoms with Crippen molar-refractivity contribution in [2.45, 2.75) is 0 Å². The van der Waals surface area contributed by atoms with Crippen LogP contribution in [-0.2, 0) is 4.79 Å². The monoisotopic (exact) mass is 373 g/mol. The minimum Gasteiger partial charge on any atom is -0.484 e. The molecule has 0 aliphatic carbocycles. The fourth-order valence-corrected chi connectivity index (χ4v) is 2.31. The quantitative estimate of drug-likeness (QED) is 0.815. The van der Waals surface area contributed by atoms with Crippen molar-refractivity contribution in [2.24, 2.45) is 0 Å². The summed E-state index contributed by atoms with van der Waals surface area (Å²) < 4.78 is 5.28. The molecule has 8 heteroatoms. The van der Waals surface area contributed by atoms with Gasteiger partial charge in [-0.3, -0.25) is 4.79 Å². The molecule has 1 amide bonds. The van der Waals surface area contributed by atoms with Gasteiger partial charge in [0.2, 0.25) is 0 Å². The highest BCUT2D eigenvalue weighted by Crippen LogP contribution is 2.29. The lowest BCUT2D eigenvalue weighted by Gasteiger charge is -2.10. The second kappa shape index (κ2) is 7.55. The number of amides is 1. The Hall–Kier alpha value is -1.95. The Kier molecular flexibility index (Phi) is 5.71. The topological polar surface area (TPSA) is 75.6 Å². The number of halogens is 3. The minimum atomic E-state index is -1.22. The van der Waals surface area contributed by atoms with Crippen LogP contribution in [0.25, 0.3) is 0 Å². The van der Waals surface area contributed by atoms with Crippen LogP contribution >= 0.6 is 34.8 Å². The molecule has 2 N–H and O–H groups in total. The molecule has 2 rings (SSSR count).